The minimum absolute atomic E-state index is 0.327. The van der Waals surface area contributed by atoms with Crippen LogP contribution < -0.4 is 5.32 Å². The molecule has 1 aromatic heterocycles. The molecule has 2 aromatic rings. The zero-order chi connectivity index (χ0) is 12.5. The molecule has 0 radical (unpaired) electrons. The molecule has 0 saturated heterocycles. The quantitative estimate of drug-likeness (QED) is 0.922. The Morgan fingerprint density at radius 1 is 1.39 bits per heavy atom. The molecule has 1 aliphatic carbocycles. The third kappa shape index (κ3) is 2.54. The molecule has 0 aliphatic heterocycles. The van der Waals surface area contributed by atoms with Gasteiger partial charge in [0.1, 0.15) is 5.82 Å². The van der Waals surface area contributed by atoms with Crippen molar-refractivity contribution in [2.24, 2.45) is 0 Å². The van der Waals surface area contributed by atoms with Crippen molar-refractivity contribution in [1.29, 1.82) is 0 Å². The number of halogens is 2. The predicted molar refractivity (Wildman–Crippen MR) is 66.8 cm³/mol. The van der Waals surface area contributed by atoms with E-state index in [0.29, 0.717) is 28.9 Å². The highest BCUT2D eigenvalue weighted by molar-refractivity contribution is 6.33. The molecular weight excluding hydrogens is 255 g/mol. The van der Waals surface area contributed by atoms with Crippen molar-refractivity contribution in [3.05, 3.63) is 40.8 Å². The number of nitrogens with zero attached hydrogens (tertiary/aromatic N) is 1. The van der Waals surface area contributed by atoms with E-state index in [1.807, 2.05) is 6.07 Å². The Morgan fingerprint density at radius 2 is 2.22 bits per heavy atom. The standard InChI is InChI=1S/C13H12ClFN2O/c14-12-5-8(15)1-4-11(12)13-6-10(17-18-13)7-16-9-2-3-9/h1,4-6,9,16H,2-3,7H2. The molecule has 0 atom stereocenters. The third-order valence-electron chi connectivity index (χ3n) is 2.90. The molecule has 0 spiro atoms. The van der Waals surface area contributed by atoms with Gasteiger partial charge in [0.25, 0.3) is 0 Å². The van der Waals surface area contributed by atoms with Crippen LogP contribution in [0.2, 0.25) is 5.02 Å². The maximum Gasteiger partial charge on any atom is 0.168 e. The summed E-state index contributed by atoms with van der Waals surface area (Å²) >= 11 is 5.97. The first kappa shape index (κ1) is 11.7. The molecule has 1 aromatic carbocycles. The second-order valence-corrected chi connectivity index (χ2v) is 4.87. The van der Waals surface area contributed by atoms with Gasteiger partial charge >= 0.3 is 0 Å². The fourth-order valence-corrected chi connectivity index (χ4v) is 2.01. The Bertz CT molecular complexity index is 566. The lowest BCUT2D eigenvalue weighted by Gasteiger charge is -1.98. The van der Waals surface area contributed by atoms with E-state index in [1.165, 1.54) is 25.0 Å². The highest BCUT2D eigenvalue weighted by Crippen LogP contribution is 2.29. The van der Waals surface area contributed by atoms with Crippen molar-refractivity contribution in [2.75, 3.05) is 0 Å². The van der Waals surface area contributed by atoms with Gasteiger partial charge in [-0.2, -0.15) is 0 Å². The number of aromatic nitrogens is 1. The van der Waals surface area contributed by atoms with E-state index >= 15 is 0 Å². The second kappa shape index (κ2) is 4.71. The summed E-state index contributed by atoms with van der Waals surface area (Å²) in [7, 11) is 0. The fourth-order valence-electron chi connectivity index (χ4n) is 1.75. The lowest BCUT2D eigenvalue weighted by atomic mass is 10.1. The average Bonchev–Trinajstić information content (AvgIpc) is 3.05. The molecule has 1 aliphatic rings. The molecule has 1 N–H and O–H groups in total. The highest BCUT2D eigenvalue weighted by Gasteiger charge is 2.20. The van der Waals surface area contributed by atoms with Crippen molar-refractivity contribution in [1.82, 2.24) is 10.5 Å². The van der Waals surface area contributed by atoms with Crippen LogP contribution in [0, 0.1) is 5.82 Å². The molecule has 18 heavy (non-hydrogen) atoms. The summed E-state index contributed by atoms with van der Waals surface area (Å²) in [6.45, 7) is 0.687. The first-order chi connectivity index (χ1) is 8.72. The summed E-state index contributed by atoms with van der Waals surface area (Å²) in [4.78, 5) is 0. The summed E-state index contributed by atoms with van der Waals surface area (Å²) in [5.41, 5.74) is 1.49. The average molecular weight is 267 g/mol. The van der Waals surface area contributed by atoms with Crippen LogP contribution in [0.5, 0.6) is 0 Å². The molecule has 0 bridgehead atoms. The zero-order valence-corrected chi connectivity index (χ0v) is 10.4. The molecular formula is C13H12ClFN2O. The monoisotopic (exact) mass is 266 g/mol. The fraction of sp³-hybridized carbons (Fsp3) is 0.308. The Balaban J connectivity index is 1.78. The van der Waals surface area contributed by atoms with E-state index in [9.17, 15) is 4.39 Å². The van der Waals surface area contributed by atoms with Crippen molar-refractivity contribution < 1.29 is 8.91 Å². The normalized spacial score (nSPS) is 15.0. The van der Waals surface area contributed by atoms with Crippen molar-refractivity contribution in [3.8, 4) is 11.3 Å². The summed E-state index contributed by atoms with van der Waals surface area (Å²) in [6.07, 6.45) is 2.46. The Kier molecular flexibility index (Phi) is 3.06. The molecule has 5 heteroatoms. The second-order valence-electron chi connectivity index (χ2n) is 4.46. The van der Waals surface area contributed by atoms with Crippen LogP contribution >= 0.6 is 11.6 Å². The lowest BCUT2D eigenvalue weighted by Crippen LogP contribution is -2.15. The molecule has 0 amide bonds. The van der Waals surface area contributed by atoms with Crippen LogP contribution in [0.4, 0.5) is 4.39 Å². The minimum atomic E-state index is -0.362. The van der Waals surface area contributed by atoms with Crippen LogP contribution in [0.25, 0.3) is 11.3 Å². The maximum atomic E-state index is 12.9. The third-order valence-corrected chi connectivity index (χ3v) is 3.22. The van der Waals surface area contributed by atoms with Crippen molar-refractivity contribution in [3.63, 3.8) is 0 Å². The van der Waals surface area contributed by atoms with Gasteiger partial charge in [-0.15, -0.1) is 0 Å². The minimum Gasteiger partial charge on any atom is -0.356 e. The van der Waals surface area contributed by atoms with E-state index in [1.54, 1.807) is 6.07 Å². The zero-order valence-electron chi connectivity index (χ0n) is 9.62. The molecule has 0 unspecified atom stereocenters. The van der Waals surface area contributed by atoms with Crippen LogP contribution in [0.15, 0.2) is 28.8 Å². The van der Waals surface area contributed by atoms with Gasteiger partial charge in [-0.1, -0.05) is 16.8 Å². The Hall–Kier alpha value is -1.39. The molecule has 1 fully saturated rings. The summed E-state index contributed by atoms with van der Waals surface area (Å²) < 4.78 is 18.2. The Labute approximate surface area is 109 Å². The predicted octanol–water partition coefficient (Wildman–Crippen LogP) is 3.39. The van der Waals surface area contributed by atoms with Gasteiger partial charge in [-0.3, -0.25) is 0 Å². The van der Waals surface area contributed by atoms with Gasteiger partial charge < -0.3 is 9.84 Å². The molecule has 3 nitrogen and oxygen atoms in total. The van der Waals surface area contributed by atoms with E-state index in [4.69, 9.17) is 16.1 Å². The van der Waals surface area contributed by atoms with Crippen LogP contribution in [0.1, 0.15) is 18.5 Å². The van der Waals surface area contributed by atoms with Gasteiger partial charge in [0.15, 0.2) is 5.76 Å². The van der Waals surface area contributed by atoms with E-state index in [2.05, 4.69) is 10.5 Å². The molecule has 94 valence electrons. The smallest absolute Gasteiger partial charge is 0.168 e. The van der Waals surface area contributed by atoms with Crippen LogP contribution in [-0.2, 0) is 6.54 Å². The highest BCUT2D eigenvalue weighted by atomic mass is 35.5. The van der Waals surface area contributed by atoms with Crippen LogP contribution in [-0.4, -0.2) is 11.2 Å². The first-order valence-electron chi connectivity index (χ1n) is 5.87. The molecule has 1 heterocycles. The van der Waals surface area contributed by atoms with Crippen LogP contribution in [0.3, 0.4) is 0 Å². The number of benzene rings is 1. The lowest BCUT2D eigenvalue weighted by molar-refractivity contribution is 0.420. The number of hydrogen-bond acceptors (Lipinski definition) is 3. The van der Waals surface area contributed by atoms with Gasteiger partial charge in [0, 0.05) is 24.2 Å². The Morgan fingerprint density at radius 3 is 2.94 bits per heavy atom. The summed E-state index contributed by atoms with van der Waals surface area (Å²) in [6, 6.07) is 6.66. The van der Waals surface area contributed by atoms with E-state index < -0.39 is 0 Å². The topological polar surface area (TPSA) is 38.1 Å². The number of nitrogens with one attached hydrogen (secondary N) is 1. The number of rotatable bonds is 4. The first-order valence-corrected chi connectivity index (χ1v) is 6.24. The largest absolute Gasteiger partial charge is 0.356 e. The van der Waals surface area contributed by atoms with Gasteiger partial charge in [-0.05, 0) is 31.0 Å². The summed E-state index contributed by atoms with van der Waals surface area (Å²) in [5.74, 6) is 0.200. The molecule has 3 rings (SSSR count). The summed E-state index contributed by atoms with van der Waals surface area (Å²) in [5, 5.41) is 7.64. The number of hydrogen-bond donors (Lipinski definition) is 1. The van der Waals surface area contributed by atoms with Gasteiger partial charge in [0.2, 0.25) is 0 Å². The van der Waals surface area contributed by atoms with Crippen molar-refractivity contribution >= 4 is 11.6 Å². The SMILES string of the molecule is Fc1ccc(-c2cc(CNC3CC3)no2)c(Cl)c1. The van der Waals surface area contributed by atoms with E-state index in [0.717, 1.165) is 5.69 Å². The van der Waals surface area contributed by atoms with Crippen molar-refractivity contribution in [2.45, 2.75) is 25.4 Å². The van der Waals surface area contributed by atoms with E-state index in [-0.39, 0.29) is 5.82 Å². The van der Waals surface area contributed by atoms with Gasteiger partial charge in [0.05, 0.1) is 10.7 Å². The maximum absolute atomic E-state index is 12.9. The molecule has 1 saturated carbocycles. The van der Waals surface area contributed by atoms with Gasteiger partial charge in [-0.25, -0.2) is 4.39 Å².